The van der Waals surface area contributed by atoms with Crippen LogP contribution in [0.4, 0.5) is 0 Å². The lowest BCUT2D eigenvalue weighted by molar-refractivity contribution is -0.144. The van der Waals surface area contributed by atoms with Gasteiger partial charge in [-0.05, 0) is 38.2 Å². The van der Waals surface area contributed by atoms with Crippen LogP contribution in [0.25, 0.3) is 0 Å². The van der Waals surface area contributed by atoms with Crippen LogP contribution in [0.15, 0.2) is 24.3 Å². The van der Waals surface area contributed by atoms with Crippen LogP contribution in [0.1, 0.15) is 19.4 Å². The van der Waals surface area contributed by atoms with E-state index in [0.29, 0.717) is 19.7 Å². The number of likely N-dealkylation sites (N-methyl/N-ethyl adjacent to an activating group) is 2. The van der Waals surface area contributed by atoms with Crippen LogP contribution in [0, 0.1) is 0 Å². The largest absolute Gasteiger partial charge is 0.491 e. The molecule has 1 unspecified atom stereocenters. The molecular weight excluding hydrogens is 358 g/mol. The Morgan fingerprint density at radius 2 is 1.93 bits per heavy atom. The Morgan fingerprint density at radius 3 is 2.61 bits per heavy atom. The molecule has 0 bridgehead atoms. The molecule has 1 aromatic carbocycles. The summed E-state index contributed by atoms with van der Waals surface area (Å²) in [6.45, 7) is 11.4. The van der Waals surface area contributed by atoms with Crippen molar-refractivity contribution < 1.29 is 19.4 Å². The first-order valence-electron chi connectivity index (χ1n) is 10.2. The number of carbonyl (C=O) groups excluding carboxylic acids is 1. The molecule has 1 aliphatic heterocycles. The van der Waals surface area contributed by atoms with Crippen molar-refractivity contribution >= 4 is 5.97 Å². The molecule has 0 saturated carbocycles. The third kappa shape index (κ3) is 8.14. The summed E-state index contributed by atoms with van der Waals surface area (Å²) in [5.74, 6) is 0.511. The molecule has 1 atom stereocenters. The summed E-state index contributed by atoms with van der Waals surface area (Å²) >= 11 is 0. The number of β-amino-alcohol motifs (C(OH)–C–C–N with tert-alkyl or cyclic N) is 1. The molecule has 0 aromatic heterocycles. The van der Waals surface area contributed by atoms with E-state index in [0.717, 1.165) is 44.0 Å². The van der Waals surface area contributed by atoms with E-state index in [9.17, 15) is 9.90 Å². The highest BCUT2D eigenvalue weighted by Crippen LogP contribution is 2.15. The van der Waals surface area contributed by atoms with Crippen LogP contribution < -0.4 is 4.74 Å². The van der Waals surface area contributed by atoms with Gasteiger partial charge in [-0.3, -0.25) is 14.6 Å². The maximum absolute atomic E-state index is 11.6. The van der Waals surface area contributed by atoms with Gasteiger partial charge in [-0.25, -0.2) is 0 Å². The molecule has 1 heterocycles. The van der Waals surface area contributed by atoms with Gasteiger partial charge in [-0.2, -0.15) is 0 Å². The number of hydrogen-bond donors (Lipinski definition) is 1. The van der Waals surface area contributed by atoms with Crippen molar-refractivity contribution in [3.63, 3.8) is 0 Å². The average molecular weight is 394 g/mol. The first-order chi connectivity index (χ1) is 13.5. The fourth-order valence-corrected chi connectivity index (χ4v) is 3.36. The van der Waals surface area contributed by atoms with Crippen LogP contribution in [0.3, 0.4) is 0 Å². The number of rotatable bonds is 11. The van der Waals surface area contributed by atoms with Gasteiger partial charge in [0, 0.05) is 39.3 Å². The van der Waals surface area contributed by atoms with E-state index in [-0.39, 0.29) is 19.1 Å². The van der Waals surface area contributed by atoms with Gasteiger partial charge in [0.25, 0.3) is 0 Å². The van der Waals surface area contributed by atoms with E-state index < -0.39 is 6.10 Å². The van der Waals surface area contributed by atoms with Crippen molar-refractivity contribution in [3.8, 4) is 5.75 Å². The van der Waals surface area contributed by atoms with E-state index in [2.05, 4.69) is 16.7 Å². The number of ether oxygens (including phenoxy) is 2. The minimum Gasteiger partial charge on any atom is -0.491 e. The highest BCUT2D eigenvalue weighted by Gasteiger charge is 2.18. The number of nitrogens with zero attached hydrogens (tertiary/aromatic N) is 3. The van der Waals surface area contributed by atoms with E-state index in [1.54, 1.807) is 6.92 Å². The molecule has 158 valence electrons. The molecule has 0 radical (unpaired) electrons. The van der Waals surface area contributed by atoms with Crippen LogP contribution in [-0.4, -0.2) is 98.0 Å². The van der Waals surface area contributed by atoms with E-state index in [1.807, 2.05) is 36.2 Å². The van der Waals surface area contributed by atoms with Gasteiger partial charge in [-0.1, -0.05) is 19.1 Å². The number of hydrogen-bond acceptors (Lipinski definition) is 7. The Kier molecular flexibility index (Phi) is 9.70. The average Bonchev–Trinajstić information content (AvgIpc) is 2.67. The second-order valence-corrected chi connectivity index (χ2v) is 7.32. The number of esters is 1. The third-order valence-electron chi connectivity index (χ3n) is 4.88. The Morgan fingerprint density at radius 1 is 1.21 bits per heavy atom. The summed E-state index contributed by atoms with van der Waals surface area (Å²) in [4.78, 5) is 18.2. The van der Waals surface area contributed by atoms with Gasteiger partial charge in [-0.15, -0.1) is 0 Å². The molecule has 0 amide bonds. The molecule has 0 aliphatic carbocycles. The zero-order valence-corrected chi connectivity index (χ0v) is 17.5. The van der Waals surface area contributed by atoms with Crippen LogP contribution >= 0.6 is 0 Å². The highest BCUT2D eigenvalue weighted by molar-refractivity contribution is 5.71. The standard InChI is InChI=1S/C21H35N3O4/c1-4-23-9-11-24(12-10-23)15-19(25)17-28-20-8-6-7-18(13-20)14-22(3)16-21(26)27-5-2/h6-8,13,19,25H,4-5,9-12,14-17H2,1-3H3. The SMILES string of the molecule is CCOC(=O)CN(C)Cc1cccc(OCC(O)CN2CCN(CC)CC2)c1. The fraction of sp³-hybridized carbons (Fsp3) is 0.667. The Bertz CT molecular complexity index is 591. The molecule has 28 heavy (non-hydrogen) atoms. The molecule has 1 aromatic rings. The summed E-state index contributed by atoms with van der Waals surface area (Å²) in [5, 5.41) is 10.3. The molecule has 1 fully saturated rings. The molecule has 1 N–H and O–H groups in total. The second kappa shape index (κ2) is 12.0. The fourth-order valence-electron chi connectivity index (χ4n) is 3.36. The molecule has 0 spiro atoms. The molecular formula is C21H35N3O4. The second-order valence-electron chi connectivity index (χ2n) is 7.32. The monoisotopic (exact) mass is 393 g/mol. The van der Waals surface area contributed by atoms with E-state index in [4.69, 9.17) is 9.47 Å². The van der Waals surface area contributed by atoms with Crippen molar-refractivity contribution in [2.45, 2.75) is 26.5 Å². The van der Waals surface area contributed by atoms with Crippen LogP contribution in [0.2, 0.25) is 0 Å². The smallest absolute Gasteiger partial charge is 0.320 e. The molecule has 7 heteroatoms. The highest BCUT2D eigenvalue weighted by atomic mass is 16.5. The first-order valence-corrected chi connectivity index (χ1v) is 10.2. The first kappa shape index (κ1) is 22.6. The quantitative estimate of drug-likeness (QED) is 0.564. The summed E-state index contributed by atoms with van der Waals surface area (Å²) in [5.41, 5.74) is 1.05. The lowest BCUT2D eigenvalue weighted by atomic mass is 10.2. The van der Waals surface area contributed by atoms with Crippen LogP contribution in [0.5, 0.6) is 5.75 Å². The molecule has 1 saturated heterocycles. The van der Waals surface area contributed by atoms with Gasteiger partial charge in [0.2, 0.25) is 0 Å². The lowest BCUT2D eigenvalue weighted by Crippen LogP contribution is -2.49. The van der Waals surface area contributed by atoms with E-state index >= 15 is 0 Å². The normalized spacial score (nSPS) is 16.9. The predicted octanol–water partition coefficient (Wildman–Crippen LogP) is 1.06. The lowest BCUT2D eigenvalue weighted by Gasteiger charge is -2.34. The van der Waals surface area contributed by atoms with Gasteiger partial charge in [0.1, 0.15) is 18.5 Å². The predicted molar refractivity (Wildman–Crippen MR) is 109 cm³/mol. The molecule has 1 aliphatic rings. The Labute approximate surface area is 168 Å². The van der Waals surface area contributed by atoms with Crippen LogP contribution in [-0.2, 0) is 16.1 Å². The number of piperazine rings is 1. The van der Waals surface area contributed by atoms with Gasteiger partial charge in [0.05, 0.1) is 13.2 Å². The zero-order valence-electron chi connectivity index (χ0n) is 17.5. The summed E-state index contributed by atoms with van der Waals surface area (Å²) in [6.07, 6.45) is -0.511. The van der Waals surface area contributed by atoms with Crippen molar-refractivity contribution in [3.05, 3.63) is 29.8 Å². The third-order valence-corrected chi connectivity index (χ3v) is 4.88. The van der Waals surface area contributed by atoms with Crippen molar-refractivity contribution in [2.75, 3.05) is 66.1 Å². The minimum atomic E-state index is -0.511. The summed E-state index contributed by atoms with van der Waals surface area (Å²) < 4.78 is 10.8. The van der Waals surface area contributed by atoms with Gasteiger partial charge < -0.3 is 19.5 Å². The summed E-state index contributed by atoms with van der Waals surface area (Å²) in [7, 11) is 1.88. The van der Waals surface area contributed by atoms with Crippen molar-refractivity contribution in [1.29, 1.82) is 0 Å². The minimum absolute atomic E-state index is 0.222. The van der Waals surface area contributed by atoms with Crippen molar-refractivity contribution in [1.82, 2.24) is 14.7 Å². The molecule has 2 rings (SSSR count). The van der Waals surface area contributed by atoms with Gasteiger partial charge >= 0.3 is 5.97 Å². The van der Waals surface area contributed by atoms with Crippen molar-refractivity contribution in [2.24, 2.45) is 0 Å². The number of carbonyl (C=O) groups is 1. The number of aliphatic hydroxyl groups is 1. The van der Waals surface area contributed by atoms with Gasteiger partial charge in [0.15, 0.2) is 0 Å². The Hall–Kier alpha value is -1.67. The maximum Gasteiger partial charge on any atom is 0.320 e. The molecule has 7 nitrogen and oxygen atoms in total. The maximum atomic E-state index is 11.6. The van der Waals surface area contributed by atoms with E-state index in [1.165, 1.54) is 0 Å². The zero-order chi connectivity index (χ0) is 20.4. The number of aliphatic hydroxyl groups excluding tert-OH is 1. The summed E-state index contributed by atoms with van der Waals surface area (Å²) in [6, 6.07) is 7.77. The number of benzene rings is 1. The Balaban J connectivity index is 1.73. The topological polar surface area (TPSA) is 65.5 Å².